The van der Waals surface area contributed by atoms with Crippen LogP contribution in [-0.2, 0) is 9.59 Å². The summed E-state index contributed by atoms with van der Waals surface area (Å²) in [6.07, 6.45) is 1.49. The molecule has 0 aliphatic carbocycles. The molecule has 4 aromatic rings. The Kier molecular flexibility index (Phi) is 6.98. The number of amides is 2. The summed E-state index contributed by atoms with van der Waals surface area (Å²) >= 11 is 11.3. The van der Waals surface area contributed by atoms with Crippen LogP contribution in [-0.4, -0.2) is 16.9 Å². The highest BCUT2D eigenvalue weighted by atomic mass is 35.5. The number of rotatable bonds is 6. The minimum Gasteiger partial charge on any atom is -0.457 e. The second-order valence-corrected chi connectivity index (χ2v) is 8.78. The summed E-state index contributed by atoms with van der Waals surface area (Å²) in [6, 6.07) is 30.2. The van der Waals surface area contributed by atoms with E-state index in [4.69, 9.17) is 33.3 Å². The van der Waals surface area contributed by atoms with Crippen molar-refractivity contribution in [2.75, 3.05) is 4.90 Å². The molecule has 6 nitrogen and oxygen atoms in total. The predicted molar refractivity (Wildman–Crippen MR) is 147 cm³/mol. The zero-order valence-corrected chi connectivity index (χ0v) is 20.8. The fourth-order valence-corrected chi connectivity index (χ4v) is 4.06. The highest BCUT2D eigenvalue weighted by Crippen LogP contribution is 2.30. The van der Waals surface area contributed by atoms with Gasteiger partial charge in [0.15, 0.2) is 5.11 Å². The maximum atomic E-state index is 13.5. The van der Waals surface area contributed by atoms with E-state index < -0.39 is 11.8 Å². The van der Waals surface area contributed by atoms with Gasteiger partial charge in [0.05, 0.1) is 5.69 Å². The fraction of sp³-hybridized carbons (Fsp3) is 0. The van der Waals surface area contributed by atoms with Crippen LogP contribution in [0.3, 0.4) is 0 Å². The molecule has 0 radical (unpaired) electrons. The van der Waals surface area contributed by atoms with E-state index in [0.29, 0.717) is 39.3 Å². The van der Waals surface area contributed by atoms with Gasteiger partial charge in [-0.3, -0.25) is 19.8 Å². The van der Waals surface area contributed by atoms with E-state index >= 15 is 0 Å². The van der Waals surface area contributed by atoms with Gasteiger partial charge in [-0.25, -0.2) is 0 Å². The first-order valence-corrected chi connectivity index (χ1v) is 12.0. The molecule has 0 bridgehead atoms. The second-order valence-electron chi connectivity index (χ2n) is 7.96. The smallest absolute Gasteiger partial charge is 0.270 e. The van der Waals surface area contributed by atoms with Gasteiger partial charge < -0.3 is 9.47 Å². The SMILES string of the molecule is O=C1NC(=S)N(c2ccc(Oc3ccccc3)cc2)C(=O)/C1=C/c1ccccc1Oc1ccc(Cl)cc1. The van der Waals surface area contributed by atoms with E-state index in [-0.39, 0.29) is 10.7 Å². The Morgan fingerprint density at radius 2 is 1.32 bits per heavy atom. The van der Waals surface area contributed by atoms with Crippen LogP contribution in [0.25, 0.3) is 6.08 Å². The first kappa shape index (κ1) is 24.2. The third-order valence-electron chi connectivity index (χ3n) is 5.44. The Balaban J connectivity index is 1.41. The standard InChI is InChI=1S/C29H19ClN2O4S/c30-20-10-14-24(15-11-20)36-26-9-5-4-6-19(26)18-25-27(33)31-29(37)32(28(25)34)21-12-16-23(17-13-21)35-22-7-2-1-3-8-22/h1-18H,(H,31,33,37)/b25-18+. The molecule has 1 N–H and O–H groups in total. The van der Waals surface area contributed by atoms with Crippen molar-refractivity contribution >= 4 is 52.5 Å². The summed E-state index contributed by atoms with van der Waals surface area (Å²) in [6.45, 7) is 0. The highest BCUT2D eigenvalue weighted by molar-refractivity contribution is 7.80. The number of carbonyl (C=O) groups is 2. The van der Waals surface area contributed by atoms with Gasteiger partial charge in [-0.2, -0.15) is 0 Å². The number of anilines is 1. The Morgan fingerprint density at radius 1 is 0.730 bits per heavy atom. The van der Waals surface area contributed by atoms with Crippen LogP contribution in [0.4, 0.5) is 5.69 Å². The van der Waals surface area contributed by atoms with E-state index in [1.807, 2.05) is 30.3 Å². The quantitative estimate of drug-likeness (QED) is 0.171. The Labute approximate surface area is 223 Å². The molecule has 0 spiro atoms. The Hall–Kier alpha value is -4.46. The summed E-state index contributed by atoms with van der Waals surface area (Å²) in [7, 11) is 0. The van der Waals surface area contributed by atoms with Gasteiger partial charge in [0.2, 0.25) is 0 Å². The van der Waals surface area contributed by atoms with Crippen molar-refractivity contribution in [2.45, 2.75) is 0 Å². The van der Waals surface area contributed by atoms with E-state index in [1.54, 1.807) is 72.8 Å². The zero-order chi connectivity index (χ0) is 25.8. The maximum absolute atomic E-state index is 13.5. The number of nitrogens with zero attached hydrogens (tertiary/aromatic N) is 1. The molecule has 1 aliphatic rings. The van der Waals surface area contributed by atoms with Crippen molar-refractivity contribution in [3.8, 4) is 23.0 Å². The number of halogens is 1. The van der Waals surface area contributed by atoms with Crippen molar-refractivity contribution in [3.63, 3.8) is 0 Å². The number of ether oxygens (including phenoxy) is 2. The van der Waals surface area contributed by atoms with Crippen LogP contribution >= 0.6 is 23.8 Å². The second kappa shape index (κ2) is 10.7. The number of carbonyl (C=O) groups excluding carboxylic acids is 2. The predicted octanol–water partition coefficient (Wildman–Crippen LogP) is 6.76. The molecule has 1 heterocycles. The normalized spacial score (nSPS) is 14.5. The molecule has 37 heavy (non-hydrogen) atoms. The van der Waals surface area contributed by atoms with Crippen LogP contribution in [0.5, 0.6) is 23.0 Å². The number of hydrogen-bond acceptors (Lipinski definition) is 5. The topological polar surface area (TPSA) is 67.9 Å². The van der Waals surface area contributed by atoms with Gasteiger partial charge in [-0.15, -0.1) is 0 Å². The van der Waals surface area contributed by atoms with E-state index in [2.05, 4.69) is 5.32 Å². The molecule has 0 aromatic heterocycles. The van der Waals surface area contributed by atoms with Crippen LogP contribution in [0.1, 0.15) is 5.56 Å². The van der Waals surface area contributed by atoms with E-state index in [0.717, 1.165) is 0 Å². The summed E-state index contributed by atoms with van der Waals surface area (Å²) in [5.74, 6) is 1.19. The van der Waals surface area contributed by atoms with Crippen LogP contribution in [0.15, 0.2) is 109 Å². The summed E-state index contributed by atoms with van der Waals surface area (Å²) < 4.78 is 11.8. The molecule has 182 valence electrons. The summed E-state index contributed by atoms with van der Waals surface area (Å²) in [4.78, 5) is 27.5. The average molecular weight is 527 g/mol. The van der Waals surface area contributed by atoms with Gasteiger partial charge in [-0.05, 0) is 85.0 Å². The Bertz CT molecular complexity index is 1500. The minimum absolute atomic E-state index is 0.00502. The monoisotopic (exact) mass is 526 g/mol. The zero-order valence-electron chi connectivity index (χ0n) is 19.3. The molecular weight excluding hydrogens is 508 g/mol. The molecule has 4 aromatic carbocycles. The lowest BCUT2D eigenvalue weighted by Crippen LogP contribution is -2.54. The third kappa shape index (κ3) is 5.53. The highest BCUT2D eigenvalue weighted by Gasteiger charge is 2.34. The molecule has 0 atom stereocenters. The molecule has 0 unspecified atom stereocenters. The van der Waals surface area contributed by atoms with Gasteiger partial charge in [0, 0.05) is 10.6 Å². The first-order chi connectivity index (χ1) is 18.0. The molecule has 0 saturated carbocycles. The minimum atomic E-state index is -0.587. The first-order valence-electron chi connectivity index (χ1n) is 11.2. The lowest BCUT2D eigenvalue weighted by molar-refractivity contribution is -0.122. The third-order valence-corrected chi connectivity index (χ3v) is 5.97. The van der Waals surface area contributed by atoms with E-state index in [1.165, 1.54) is 11.0 Å². The number of thiocarbonyl (C=S) groups is 1. The van der Waals surface area contributed by atoms with Crippen molar-refractivity contribution in [3.05, 3.63) is 119 Å². The van der Waals surface area contributed by atoms with Crippen molar-refractivity contribution in [1.82, 2.24) is 5.32 Å². The lowest BCUT2D eigenvalue weighted by atomic mass is 10.1. The fourth-order valence-electron chi connectivity index (χ4n) is 3.66. The van der Waals surface area contributed by atoms with Gasteiger partial charge in [0.25, 0.3) is 11.8 Å². The van der Waals surface area contributed by atoms with Gasteiger partial charge in [-0.1, -0.05) is 48.0 Å². The summed E-state index contributed by atoms with van der Waals surface area (Å²) in [5.41, 5.74) is 0.965. The van der Waals surface area contributed by atoms with Crippen LogP contribution in [0, 0.1) is 0 Å². The molecular formula is C29H19ClN2O4S. The number of benzene rings is 4. The molecule has 8 heteroatoms. The van der Waals surface area contributed by atoms with Crippen LogP contribution < -0.4 is 19.7 Å². The van der Waals surface area contributed by atoms with Gasteiger partial charge >= 0.3 is 0 Å². The lowest BCUT2D eigenvalue weighted by Gasteiger charge is -2.29. The number of nitrogens with one attached hydrogen (secondary N) is 1. The number of para-hydroxylation sites is 2. The van der Waals surface area contributed by atoms with Crippen LogP contribution in [0.2, 0.25) is 5.02 Å². The molecule has 1 saturated heterocycles. The van der Waals surface area contributed by atoms with E-state index in [9.17, 15) is 9.59 Å². The molecule has 1 aliphatic heterocycles. The largest absolute Gasteiger partial charge is 0.457 e. The maximum Gasteiger partial charge on any atom is 0.270 e. The average Bonchev–Trinajstić information content (AvgIpc) is 2.90. The van der Waals surface area contributed by atoms with Crippen molar-refractivity contribution < 1.29 is 19.1 Å². The van der Waals surface area contributed by atoms with Crippen molar-refractivity contribution in [2.24, 2.45) is 0 Å². The van der Waals surface area contributed by atoms with Gasteiger partial charge in [0.1, 0.15) is 28.6 Å². The Morgan fingerprint density at radius 3 is 2.05 bits per heavy atom. The summed E-state index contributed by atoms with van der Waals surface area (Å²) in [5, 5.41) is 3.18. The molecule has 2 amide bonds. The number of hydrogen-bond donors (Lipinski definition) is 1. The molecule has 5 rings (SSSR count). The van der Waals surface area contributed by atoms with Crippen molar-refractivity contribution in [1.29, 1.82) is 0 Å². The molecule has 1 fully saturated rings.